The van der Waals surface area contributed by atoms with Crippen LogP contribution in [-0.4, -0.2) is 26.3 Å². The number of nitrogen functional groups attached to an aromatic ring is 1. The molecule has 1 aromatic rings. The lowest BCUT2D eigenvalue weighted by molar-refractivity contribution is 0.493. The number of hydrogen-bond acceptors (Lipinski definition) is 3. The van der Waals surface area contributed by atoms with Gasteiger partial charge >= 0.3 is 0 Å². The summed E-state index contributed by atoms with van der Waals surface area (Å²) in [6.45, 7) is 5.78. The minimum Gasteiger partial charge on any atom is -0.398 e. The molecule has 2 N–H and O–H groups in total. The smallest absolute Gasteiger partial charge is 0.243 e. The lowest BCUT2D eigenvalue weighted by atomic mass is 10.3. The molecule has 0 aliphatic heterocycles. The topological polar surface area (TPSA) is 63.4 Å². The predicted molar refractivity (Wildman–Crippen MR) is 73.2 cm³/mol. The summed E-state index contributed by atoms with van der Waals surface area (Å²) in [6.07, 6.45) is 0. The molecule has 17 heavy (non-hydrogen) atoms. The highest BCUT2D eigenvalue weighted by Gasteiger charge is 2.21. The molecule has 0 atom stereocenters. The number of benzene rings is 1. The summed E-state index contributed by atoms with van der Waals surface area (Å²) in [5.74, 6) is 0. The Kier molecular flexibility index (Phi) is 4.35. The van der Waals surface area contributed by atoms with Crippen LogP contribution in [0.2, 0.25) is 0 Å². The third-order valence-corrected chi connectivity index (χ3v) is 4.66. The Bertz CT molecular complexity index is 540. The Morgan fingerprint density at radius 1 is 1.53 bits per heavy atom. The van der Waals surface area contributed by atoms with E-state index in [-0.39, 0.29) is 4.90 Å². The molecule has 0 fully saturated rings. The van der Waals surface area contributed by atoms with Gasteiger partial charge in [0.25, 0.3) is 0 Å². The fourth-order valence-corrected chi connectivity index (χ4v) is 3.10. The van der Waals surface area contributed by atoms with E-state index in [9.17, 15) is 8.42 Å². The second-order valence-corrected chi connectivity index (χ2v) is 6.80. The van der Waals surface area contributed by atoms with E-state index in [1.54, 1.807) is 13.0 Å². The summed E-state index contributed by atoms with van der Waals surface area (Å²) >= 11 is 3.21. The monoisotopic (exact) mass is 318 g/mol. The molecule has 0 aliphatic carbocycles. The van der Waals surface area contributed by atoms with Crippen LogP contribution in [-0.2, 0) is 10.0 Å². The molecule has 0 radical (unpaired) electrons. The van der Waals surface area contributed by atoms with E-state index in [4.69, 9.17) is 5.73 Å². The maximum absolute atomic E-state index is 12.2. The van der Waals surface area contributed by atoms with Gasteiger partial charge in [0.05, 0.1) is 4.90 Å². The van der Waals surface area contributed by atoms with Crippen molar-refractivity contribution in [3.8, 4) is 0 Å². The molecule has 0 aromatic heterocycles. The van der Waals surface area contributed by atoms with E-state index in [2.05, 4.69) is 22.5 Å². The van der Waals surface area contributed by atoms with Crippen molar-refractivity contribution >= 4 is 31.6 Å². The van der Waals surface area contributed by atoms with Gasteiger partial charge in [-0.1, -0.05) is 12.2 Å². The third-order valence-electron chi connectivity index (χ3n) is 2.17. The SMILES string of the molecule is C=C(C)CN(C)S(=O)(=O)c1ccc(N)c(Br)c1. The van der Waals surface area contributed by atoms with Gasteiger partial charge in [-0.05, 0) is 41.1 Å². The van der Waals surface area contributed by atoms with Gasteiger partial charge < -0.3 is 5.73 Å². The van der Waals surface area contributed by atoms with E-state index in [1.165, 1.54) is 23.5 Å². The number of hydrogen-bond donors (Lipinski definition) is 1. The quantitative estimate of drug-likeness (QED) is 0.684. The molecular weight excluding hydrogens is 304 g/mol. The zero-order chi connectivity index (χ0) is 13.2. The summed E-state index contributed by atoms with van der Waals surface area (Å²) in [5, 5.41) is 0. The molecule has 0 bridgehead atoms. The Labute approximate surface area is 110 Å². The van der Waals surface area contributed by atoms with Gasteiger partial charge in [0.1, 0.15) is 0 Å². The molecule has 0 amide bonds. The summed E-state index contributed by atoms with van der Waals surface area (Å²) in [4.78, 5) is 0.210. The van der Waals surface area contributed by atoms with E-state index in [0.29, 0.717) is 16.7 Å². The van der Waals surface area contributed by atoms with E-state index < -0.39 is 10.0 Å². The van der Waals surface area contributed by atoms with Crippen LogP contribution in [0.3, 0.4) is 0 Å². The van der Waals surface area contributed by atoms with Crippen molar-refractivity contribution in [3.63, 3.8) is 0 Å². The highest BCUT2D eigenvalue weighted by atomic mass is 79.9. The number of sulfonamides is 1. The van der Waals surface area contributed by atoms with Crippen molar-refractivity contribution in [1.29, 1.82) is 0 Å². The van der Waals surface area contributed by atoms with E-state index >= 15 is 0 Å². The normalized spacial score (nSPS) is 11.8. The molecule has 94 valence electrons. The number of nitrogens with two attached hydrogens (primary N) is 1. The number of rotatable bonds is 4. The average molecular weight is 319 g/mol. The number of likely N-dealkylation sites (N-methyl/N-ethyl adjacent to an activating group) is 1. The number of halogens is 1. The fraction of sp³-hybridized carbons (Fsp3) is 0.273. The lowest BCUT2D eigenvalue weighted by Gasteiger charge is -2.17. The zero-order valence-corrected chi connectivity index (χ0v) is 12.2. The first-order valence-electron chi connectivity index (χ1n) is 4.91. The van der Waals surface area contributed by atoms with Crippen LogP contribution >= 0.6 is 15.9 Å². The molecule has 0 aliphatic rings. The van der Waals surface area contributed by atoms with Crippen molar-refractivity contribution in [2.45, 2.75) is 11.8 Å². The lowest BCUT2D eigenvalue weighted by Crippen LogP contribution is -2.28. The fourth-order valence-electron chi connectivity index (χ4n) is 1.31. The molecule has 0 spiro atoms. The molecule has 1 rings (SSSR count). The van der Waals surface area contributed by atoms with Crippen molar-refractivity contribution in [2.75, 3.05) is 19.3 Å². The van der Waals surface area contributed by atoms with Crippen LogP contribution in [0.4, 0.5) is 5.69 Å². The van der Waals surface area contributed by atoms with Gasteiger partial charge in [0, 0.05) is 23.8 Å². The standard InChI is InChI=1S/C11H15BrN2O2S/c1-8(2)7-14(3)17(15,16)9-4-5-11(13)10(12)6-9/h4-6H,1,7,13H2,2-3H3. The Hall–Kier alpha value is -0.850. The first-order chi connectivity index (χ1) is 7.75. The summed E-state index contributed by atoms with van der Waals surface area (Å²) in [7, 11) is -1.96. The highest BCUT2D eigenvalue weighted by molar-refractivity contribution is 9.10. The summed E-state index contributed by atoms with van der Waals surface area (Å²) in [6, 6.07) is 4.55. The zero-order valence-electron chi connectivity index (χ0n) is 9.77. The molecule has 0 heterocycles. The van der Waals surface area contributed by atoms with Gasteiger partial charge in [0.2, 0.25) is 10.0 Å². The molecular formula is C11H15BrN2O2S. The first kappa shape index (κ1) is 14.2. The summed E-state index contributed by atoms with van der Waals surface area (Å²) < 4.78 is 26.1. The van der Waals surface area contributed by atoms with Gasteiger partial charge in [-0.15, -0.1) is 0 Å². The van der Waals surface area contributed by atoms with Gasteiger partial charge in [-0.25, -0.2) is 8.42 Å². The van der Waals surface area contributed by atoms with Crippen LogP contribution in [0.15, 0.2) is 39.7 Å². The van der Waals surface area contributed by atoms with Crippen LogP contribution in [0.1, 0.15) is 6.92 Å². The van der Waals surface area contributed by atoms with Crippen LogP contribution in [0.25, 0.3) is 0 Å². The highest BCUT2D eigenvalue weighted by Crippen LogP contribution is 2.24. The van der Waals surface area contributed by atoms with Crippen LogP contribution < -0.4 is 5.73 Å². The second kappa shape index (κ2) is 5.20. The minimum absolute atomic E-state index is 0.210. The Morgan fingerprint density at radius 2 is 2.12 bits per heavy atom. The molecule has 0 saturated heterocycles. The van der Waals surface area contributed by atoms with E-state index in [1.807, 2.05) is 0 Å². The Morgan fingerprint density at radius 3 is 2.59 bits per heavy atom. The molecule has 6 heteroatoms. The number of nitrogens with zero attached hydrogens (tertiary/aromatic N) is 1. The van der Waals surface area contributed by atoms with Crippen LogP contribution in [0, 0.1) is 0 Å². The van der Waals surface area contributed by atoms with Crippen molar-refractivity contribution < 1.29 is 8.42 Å². The minimum atomic E-state index is -3.49. The maximum Gasteiger partial charge on any atom is 0.243 e. The molecule has 1 aromatic carbocycles. The van der Waals surface area contributed by atoms with E-state index in [0.717, 1.165) is 5.57 Å². The number of anilines is 1. The van der Waals surface area contributed by atoms with Crippen molar-refractivity contribution in [3.05, 3.63) is 34.8 Å². The predicted octanol–water partition coefficient (Wildman–Crippen LogP) is 2.23. The third kappa shape index (κ3) is 3.31. The average Bonchev–Trinajstić information content (AvgIpc) is 2.20. The maximum atomic E-state index is 12.2. The van der Waals surface area contributed by atoms with Gasteiger partial charge in [-0.2, -0.15) is 4.31 Å². The van der Waals surface area contributed by atoms with Crippen molar-refractivity contribution in [1.82, 2.24) is 4.31 Å². The van der Waals surface area contributed by atoms with Crippen LogP contribution in [0.5, 0.6) is 0 Å². The van der Waals surface area contributed by atoms with Gasteiger partial charge in [-0.3, -0.25) is 0 Å². The largest absolute Gasteiger partial charge is 0.398 e. The Balaban J connectivity index is 3.13. The second-order valence-electron chi connectivity index (χ2n) is 3.90. The van der Waals surface area contributed by atoms with Gasteiger partial charge in [0.15, 0.2) is 0 Å². The first-order valence-corrected chi connectivity index (χ1v) is 7.14. The molecule has 4 nitrogen and oxygen atoms in total. The molecule has 0 unspecified atom stereocenters. The molecule has 0 saturated carbocycles. The summed E-state index contributed by atoms with van der Waals surface area (Å²) in [5.41, 5.74) is 6.91. The van der Waals surface area contributed by atoms with Crippen molar-refractivity contribution in [2.24, 2.45) is 0 Å².